The minimum atomic E-state index is -0.495. The van der Waals surface area contributed by atoms with E-state index in [2.05, 4.69) is 47.6 Å². The van der Waals surface area contributed by atoms with E-state index in [9.17, 15) is 19.2 Å². The number of nitrogens with two attached hydrogens (primary N) is 8. The third-order valence-corrected chi connectivity index (χ3v) is 6.45. The van der Waals surface area contributed by atoms with Crippen molar-refractivity contribution in [3.8, 4) is 0 Å². The lowest BCUT2D eigenvalue weighted by atomic mass is 10.0. The van der Waals surface area contributed by atoms with Crippen molar-refractivity contribution in [3.63, 3.8) is 0 Å². The molecular weight excluding hydrogens is 640 g/mol. The zero-order valence-electron chi connectivity index (χ0n) is 31.9. The molecule has 0 fully saturated rings. The molecule has 0 bridgehead atoms. The molecule has 0 unspecified atom stereocenters. The fraction of sp³-hybridized carbons (Fsp3) is 0.647. The Hall–Kier alpha value is -4.12. The Kier molecular flexibility index (Phi) is 31.4. The molecule has 0 aliphatic rings. The topological polar surface area (TPSA) is 325 Å². The molecule has 16 heteroatoms. The normalized spacial score (nSPS) is 12.6. The lowest BCUT2D eigenvalue weighted by molar-refractivity contribution is -0.123. The van der Waals surface area contributed by atoms with Gasteiger partial charge in [0.1, 0.15) is 0 Å². The number of carbonyl (C=O) groups excluding carboxylic acids is 4. The van der Waals surface area contributed by atoms with Gasteiger partial charge in [-0.25, -0.2) is 0 Å². The molecule has 50 heavy (non-hydrogen) atoms. The second-order valence-electron chi connectivity index (χ2n) is 12.9. The summed E-state index contributed by atoms with van der Waals surface area (Å²) in [5.74, 6) is 1.65. The van der Waals surface area contributed by atoms with E-state index in [1.807, 2.05) is 55.4 Å². The summed E-state index contributed by atoms with van der Waals surface area (Å²) in [7, 11) is 0. The molecule has 20 N–H and O–H groups in total. The molecule has 0 saturated heterocycles. The quantitative estimate of drug-likeness (QED) is 0.0641. The van der Waals surface area contributed by atoms with Gasteiger partial charge in [-0.05, 0) is 12.8 Å². The summed E-state index contributed by atoms with van der Waals surface area (Å²) in [6, 6.07) is -1.78. The van der Waals surface area contributed by atoms with Crippen LogP contribution in [0.4, 0.5) is 0 Å². The number of nitrogens with one attached hydrogen (secondary N) is 4. The van der Waals surface area contributed by atoms with Crippen LogP contribution in [0.25, 0.3) is 0 Å². The van der Waals surface area contributed by atoms with Crippen LogP contribution in [-0.4, -0.2) is 73.5 Å². The molecule has 0 aliphatic heterocycles. The van der Waals surface area contributed by atoms with Crippen molar-refractivity contribution in [2.45, 2.75) is 92.4 Å². The van der Waals surface area contributed by atoms with E-state index in [0.29, 0.717) is 62.3 Å². The first kappa shape index (κ1) is 52.7. The van der Waals surface area contributed by atoms with E-state index in [0.717, 1.165) is 0 Å². The van der Waals surface area contributed by atoms with Crippen molar-refractivity contribution in [1.82, 2.24) is 21.3 Å². The molecule has 16 nitrogen and oxygen atoms in total. The van der Waals surface area contributed by atoms with Crippen LogP contribution < -0.4 is 67.1 Å². The Morgan fingerprint density at radius 2 is 0.620 bits per heavy atom. The highest BCUT2D eigenvalue weighted by molar-refractivity contribution is 5.86. The van der Waals surface area contributed by atoms with Crippen molar-refractivity contribution in [1.29, 1.82) is 0 Å². The standard InChI is InChI=1S/2C9H19N3O.2C8H17N3O/c2*1-6(2)9(13)8(11)4-5-12-7(3)10;2*1-5(2)8(12)7(10)4-11-6(3)9/h2*6,8,12H,3-5,10-11H2,1-2H3;2*5,7,11H,3-4,9-10H2,1-2H3/t2*8-;2*7-/m1010/s1. The van der Waals surface area contributed by atoms with Gasteiger partial charge in [0.05, 0.1) is 47.5 Å². The smallest absolute Gasteiger partial charge is 0.153 e. The summed E-state index contributed by atoms with van der Waals surface area (Å²) in [5.41, 5.74) is 43.5. The average molecular weight is 713 g/mol. The average Bonchev–Trinajstić information content (AvgIpc) is 3.00. The van der Waals surface area contributed by atoms with Crippen LogP contribution in [0, 0.1) is 23.7 Å². The molecule has 0 aromatic carbocycles. The van der Waals surface area contributed by atoms with Crippen molar-refractivity contribution in [2.24, 2.45) is 69.5 Å². The van der Waals surface area contributed by atoms with Gasteiger partial charge in [0.15, 0.2) is 23.1 Å². The van der Waals surface area contributed by atoms with Crippen molar-refractivity contribution < 1.29 is 19.2 Å². The molecule has 0 aromatic heterocycles. The van der Waals surface area contributed by atoms with Gasteiger partial charge in [-0.15, -0.1) is 0 Å². The fourth-order valence-electron chi connectivity index (χ4n) is 3.46. The van der Waals surface area contributed by atoms with Gasteiger partial charge in [-0.3, -0.25) is 19.2 Å². The molecule has 292 valence electrons. The zero-order chi connectivity index (χ0) is 40.3. The maximum atomic E-state index is 11.3. The van der Waals surface area contributed by atoms with Crippen LogP contribution in [0.2, 0.25) is 0 Å². The lowest BCUT2D eigenvalue weighted by Crippen LogP contribution is -2.42. The molecule has 0 aliphatic carbocycles. The first-order valence-electron chi connectivity index (χ1n) is 16.7. The van der Waals surface area contributed by atoms with E-state index in [4.69, 9.17) is 45.9 Å². The second-order valence-corrected chi connectivity index (χ2v) is 12.9. The Labute approximate surface area is 301 Å². The highest BCUT2D eigenvalue weighted by Gasteiger charge is 2.18. The van der Waals surface area contributed by atoms with E-state index in [1.54, 1.807) is 0 Å². The number of hydrogen-bond donors (Lipinski definition) is 12. The van der Waals surface area contributed by atoms with Crippen LogP contribution in [0.15, 0.2) is 49.6 Å². The lowest BCUT2D eigenvalue weighted by Gasteiger charge is -2.13. The van der Waals surface area contributed by atoms with Crippen molar-refractivity contribution in [2.75, 3.05) is 26.2 Å². The molecule has 4 atom stereocenters. The minimum Gasteiger partial charge on any atom is -0.386 e. The molecule has 0 rings (SSSR count). The van der Waals surface area contributed by atoms with Gasteiger partial charge in [0.25, 0.3) is 0 Å². The predicted octanol–water partition coefficient (Wildman–Crippen LogP) is -0.987. The predicted molar refractivity (Wildman–Crippen MR) is 206 cm³/mol. The highest BCUT2D eigenvalue weighted by atomic mass is 16.1. The third kappa shape index (κ3) is 32.4. The van der Waals surface area contributed by atoms with Gasteiger partial charge >= 0.3 is 0 Å². The van der Waals surface area contributed by atoms with E-state index < -0.39 is 24.2 Å². The molecule has 0 aromatic rings. The minimum absolute atomic E-state index is 0.00363. The van der Waals surface area contributed by atoms with Crippen LogP contribution in [-0.2, 0) is 19.2 Å². The zero-order valence-corrected chi connectivity index (χ0v) is 31.9. The summed E-state index contributed by atoms with van der Waals surface area (Å²) in [4.78, 5) is 45.1. The monoisotopic (exact) mass is 713 g/mol. The second kappa shape index (κ2) is 29.8. The molecule has 0 heterocycles. The van der Waals surface area contributed by atoms with Gasteiger partial charge in [0, 0.05) is 49.9 Å². The van der Waals surface area contributed by atoms with Gasteiger partial charge in [0.2, 0.25) is 0 Å². The first-order valence-corrected chi connectivity index (χ1v) is 16.7. The van der Waals surface area contributed by atoms with Crippen LogP contribution >= 0.6 is 0 Å². The molecule has 0 saturated carbocycles. The van der Waals surface area contributed by atoms with Crippen LogP contribution in [0.1, 0.15) is 68.2 Å². The number of ketones is 4. The summed E-state index contributed by atoms with van der Waals surface area (Å²) < 4.78 is 0. The summed E-state index contributed by atoms with van der Waals surface area (Å²) in [6.45, 7) is 30.4. The summed E-state index contributed by atoms with van der Waals surface area (Å²) >= 11 is 0. The Morgan fingerprint density at radius 1 is 0.420 bits per heavy atom. The molecule has 0 amide bonds. The number of rotatable bonds is 22. The number of hydrogen-bond acceptors (Lipinski definition) is 16. The maximum Gasteiger partial charge on any atom is 0.153 e. The van der Waals surface area contributed by atoms with Crippen molar-refractivity contribution in [3.05, 3.63) is 49.6 Å². The van der Waals surface area contributed by atoms with Crippen molar-refractivity contribution >= 4 is 23.1 Å². The molecular formula is C34H72N12O4. The van der Waals surface area contributed by atoms with Crippen LogP contribution in [0.3, 0.4) is 0 Å². The Morgan fingerprint density at radius 3 is 0.800 bits per heavy atom. The first-order chi connectivity index (χ1) is 22.8. The Bertz CT molecular complexity index is 979. The van der Waals surface area contributed by atoms with Crippen LogP contribution in [0.5, 0.6) is 0 Å². The molecule has 0 spiro atoms. The number of carbonyl (C=O) groups is 4. The van der Waals surface area contributed by atoms with Gasteiger partial charge in [-0.2, -0.15) is 0 Å². The van der Waals surface area contributed by atoms with E-state index >= 15 is 0 Å². The third-order valence-electron chi connectivity index (χ3n) is 6.45. The Balaban J connectivity index is -0.000000282. The highest BCUT2D eigenvalue weighted by Crippen LogP contribution is 2.02. The van der Waals surface area contributed by atoms with E-state index in [-0.39, 0.29) is 46.8 Å². The molecule has 0 radical (unpaired) electrons. The van der Waals surface area contributed by atoms with Gasteiger partial charge in [-0.1, -0.05) is 81.7 Å². The summed E-state index contributed by atoms with van der Waals surface area (Å²) in [5, 5.41) is 11.1. The fourth-order valence-corrected chi connectivity index (χ4v) is 3.46. The van der Waals surface area contributed by atoms with Gasteiger partial charge < -0.3 is 67.1 Å². The SMILES string of the molecule is C=C(N)NCC[C@@H](N)C(=O)C(C)C.C=C(N)NCC[C@H](N)C(=O)C(C)C.C=C(N)NC[C@@H](N)C(=O)C(C)C.C=C(N)NC[C@H](N)C(=O)C(C)C. The maximum absolute atomic E-state index is 11.3. The summed E-state index contributed by atoms with van der Waals surface area (Å²) in [6.07, 6.45) is 1.18. The van der Waals surface area contributed by atoms with E-state index in [1.165, 1.54) is 0 Å². The number of Topliss-reactive ketones (excluding diaryl/α,β-unsaturated/α-hetero) is 4. The largest absolute Gasteiger partial charge is 0.386 e.